The second kappa shape index (κ2) is 8.10. The lowest BCUT2D eigenvalue weighted by molar-refractivity contribution is -0.384. The van der Waals surface area contributed by atoms with Gasteiger partial charge in [-0.1, -0.05) is 23.7 Å². The second-order valence-corrected chi connectivity index (χ2v) is 8.63. The fraction of sp³-hybridized carbons (Fsp3) is 0.0909. The van der Waals surface area contributed by atoms with Crippen LogP contribution in [0.15, 0.2) is 48.5 Å². The summed E-state index contributed by atoms with van der Waals surface area (Å²) in [6.45, 7) is 3.65. The number of nitro groups is 1. The minimum atomic E-state index is -0.642. The Labute approximate surface area is 191 Å². The molecule has 0 aliphatic rings. The number of ketones is 1. The van der Waals surface area contributed by atoms with Crippen LogP contribution < -0.4 is 0 Å². The van der Waals surface area contributed by atoms with Gasteiger partial charge in [0.1, 0.15) is 0 Å². The summed E-state index contributed by atoms with van der Waals surface area (Å²) in [5.41, 5.74) is 0.893. The summed E-state index contributed by atoms with van der Waals surface area (Å²) in [5, 5.41) is 33.7. The number of benzene rings is 2. The molecule has 0 fully saturated rings. The van der Waals surface area contributed by atoms with E-state index in [9.17, 15) is 25.1 Å². The van der Waals surface area contributed by atoms with Crippen molar-refractivity contribution in [3.8, 4) is 28.0 Å². The van der Waals surface area contributed by atoms with Crippen LogP contribution in [0.3, 0.4) is 0 Å². The van der Waals surface area contributed by atoms with Gasteiger partial charge in [0.05, 0.1) is 21.9 Å². The predicted molar refractivity (Wildman–Crippen MR) is 121 cm³/mol. The SMILES string of the molecule is Cc1nc(-n2c(O)c(O)c(C(=O)c3ccc(Cl)cc3)c2-c2cccc([N+](=O)[O-])c2)sc1C. The first-order chi connectivity index (χ1) is 15.2. The molecule has 0 atom stereocenters. The van der Waals surface area contributed by atoms with Gasteiger partial charge in [0.25, 0.3) is 5.69 Å². The van der Waals surface area contributed by atoms with Crippen molar-refractivity contribution < 1.29 is 19.9 Å². The zero-order chi connectivity index (χ0) is 23.2. The standard InChI is InChI=1S/C22H16ClN3O5S/c1-11-12(2)32-22(24-11)25-18(14-4-3-5-16(10-14)26(30)31)17(20(28)21(25)29)19(27)13-6-8-15(23)9-7-13/h3-10,28-29H,1-2H3. The first kappa shape index (κ1) is 21.5. The number of nitro benzene ring substituents is 1. The van der Waals surface area contributed by atoms with E-state index in [1.807, 2.05) is 6.92 Å². The summed E-state index contributed by atoms with van der Waals surface area (Å²) in [5.74, 6) is -1.81. The van der Waals surface area contributed by atoms with Gasteiger partial charge in [0.15, 0.2) is 16.7 Å². The molecule has 2 aromatic heterocycles. The maximum absolute atomic E-state index is 13.4. The second-order valence-electron chi connectivity index (χ2n) is 7.01. The largest absolute Gasteiger partial charge is 0.503 e. The minimum Gasteiger partial charge on any atom is -0.503 e. The molecule has 0 amide bonds. The number of carbonyl (C=O) groups excluding carboxylic acids is 1. The Morgan fingerprint density at radius 3 is 2.44 bits per heavy atom. The molecule has 0 spiro atoms. The highest BCUT2D eigenvalue weighted by Gasteiger charge is 2.31. The number of aryl methyl sites for hydroxylation is 2. The Kier molecular flexibility index (Phi) is 5.45. The quantitative estimate of drug-likeness (QED) is 0.229. The summed E-state index contributed by atoms with van der Waals surface area (Å²) >= 11 is 7.17. The lowest BCUT2D eigenvalue weighted by atomic mass is 9.99. The number of thiazole rings is 1. The molecule has 0 saturated carbocycles. The minimum absolute atomic E-state index is 0.0948. The third-order valence-electron chi connectivity index (χ3n) is 4.99. The maximum Gasteiger partial charge on any atom is 0.270 e. The van der Waals surface area contributed by atoms with Crippen molar-refractivity contribution in [2.45, 2.75) is 13.8 Å². The van der Waals surface area contributed by atoms with Crippen LogP contribution in [0.5, 0.6) is 11.6 Å². The van der Waals surface area contributed by atoms with E-state index in [1.54, 1.807) is 13.0 Å². The van der Waals surface area contributed by atoms with E-state index in [0.717, 1.165) is 4.88 Å². The highest BCUT2D eigenvalue weighted by atomic mass is 35.5. The molecular weight excluding hydrogens is 454 g/mol. The van der Waals surface area contributed by atoms with Crippen molar-refractivity contribution >= 4 is 34.4 Å². The van der Waals surface area contributed by atoms with Crippen molar-refractivity contribution in [3.05, 3.63) is 85.4 Å². The topological polar surface area (TPSA) is 118 Å². The van der Waals surface area contributed by atoms with Crippen LogP contribution in [0, 0.1) is 24.0 Å². The van der Waals surface area contributed by atoms with Crippen LogP contribution in [-0.4, -0.2) is 30.5 Å². The molecular formula is C22H16ClN3O5S. The smallest absolute Gasteiger partial charge is 0.270 e. The van der Waals surface area contributed by atoms with Crippen molar-refractivity contribution in [2.75, 3.05) is 0 Å². The van der Waals surface area contributed by atoms with Crippen LogP contribution in [0.25, 0.3) is 16.4 Å². The molecule has 0 radical (unpaired) electrons. The molecule has 2 heterocycles. The average molecular weight is 470 g/mol. The van der Waals surface area contributed by atoms with Crippen LogP contribution in [0.2, 0.25) is 5.02 Å². The number of nitrogens with zero attached hydrogens (tertiary/aromatic N) is 3. The fourth-order valence-electron chi connectivity index (χ4n) is 3.29. The maximum atomic E-state index is 13.4. The van der Waals surface area contributed by atoms with Gasteiger partial charge >= 0.3 is 0 Å². The zero-order valence-corrected chi connectivity index (χ0v) is 18.4. The van der Waals surface area contributed by atoms with E-state index in [0.29, 0.717) is 15.8 Å². The van der Waals surface area contributed by atoms with Gasteiger partial charge in [-0.25, -0.2) is 4.98 Å². The molecule has 0 unspecified atom stereocenters. The molecule has 0 aliphatic carbocycles. The fourth-order valence-corrected chi connectivity index (χ4v) is 4.33. The average Bonchev–Trinajstić information content (AvgIpc) is 3.23. The van der Waals surface area contributed by atoms with E-state index < -0.39 is 22.3 Å². The molecule has 4 aromatic rings. The van der Waals surface area contributed by atoms with Crippen LogP contribution in [0.4, 0.5) is 5.69 Å². The van der Waals surface area contributed by atoms with Gasteiger partial charge in [-0.15, -0.1) is 11.3 Å². The van der Waals surface area contributed by atoms with E-state index >= 15 is 0 Å². The summed E-state index contributed by atoms with van der Waals surface area (Å²) in [7, 11) is 0. The third kappa shape index (κ3) is 3.61. The Bertz CT molecular complexity index is 1360. The normalized spacial score (nSPS) is 11.0. The lowest BCUT2D eigenvalue weighted by Gasteiger charge is -2.09. The van der Waals surface area contributed by atoms with E-state index in [2.05, 4.69) is 4.98 Å². The summed E-state index contributed by atoms with van der Waals surface area (Å²) < 4.78 is 1.24. The van der Waals surface area contributed by atoms with Gasteiger partial charge in [0.2, 0.25) is 5.88 Å². The van der Waals surface area contributed by atoms with Crippen molar-refractivity contribution in [3.63, 3.8) is 0 Å². The Morgan fingerprint density at radius 2 is 1.84 bits per heavy atom. The molecule has 4 rings (SSSR count). The van der Waals surface area contributed by atoms with Gasteiger partial charge in [-0.05, 0) is 38.1 Å². The number of rotatable bonds is 5. The summed E-state index contributed by atoms with van der Waals surface area (Å²) in [6.07, 6.45) is 0. The van der Waals surface area contributed by atoms with Crippen LogP contribution >= 0.6 is 22.9 Å². The third-order valence-corrected chi connectivity index (χ3v) is 6.30. The molecule has 0 saturated heterocycles. The van der Waals surface area contributed by atoms with E-state index in [-0.39, 0.29) is 28.1 Å². The first-order valence-electron chi connectivity index (χ1n) is 9.35. The number of aromatic hydroxyl groups is 2. The van der Waals surface area contributed by atoms with Crippen molar-refractivity contribution in [2.24, 2.45) is 0 Å². The number of hydrogen-bond donors (Lipinski definition) is 2. The Morgan fingerprint density at radius 1 is 1.16 bits per heavy atom. The van der Waals surface area contributed by atoms with Crippen molar-refractivity contribution in [1.82, 2.24) is 9.55 Å². The van der Waals surface area contributed by atoms with Gasteiger partial charge in [-0.3, -0.25) is 19.5 Å². The Hall–Kier alpha value is -3.69. The van der Waals surface area contributed by atoms with Gasteiger partial charge < -0.3 is 10.2 Å². The molecule has 32 heavy (non-hydrogen) atoms. The van der Waals surface area contributed by atoms with Gasteiger partial charge in [-0.2, -0.15) is 0 Å². The molecule has 8 nitrogen and oxygen atoms in total. The Balaban J connectivity index is 2.05. The number of halogens is 1. The monoisotopic (exact) mass is 469 g/mol. The van der Waals surface area contributed by atoms with Crippen LogP contribution in [0.1, 0.15) is 26.5 Å². The van der Waals surface area contributed by atoms with E-state index in [4.69, 9.17) is 11.6 Å². The highest BCUT2D eigenvalue weighted by molar-refractivity contribution is 7.14. The highest BCUT2D eigenvalue weighted by Crippen LogP contribution is 2.45. The number of carbonyl (C=O) groups is 1. The molecule has 2 aromatic carbocycles. The number of aromatic nitrogens is 2. The van der Waals surface area contributed by atoms with Crippen molar-refractivity contribution in [1.29, 1.82) is 0 Å². The molecule has 0 aliphatic heterocycles. The van der Waals surface area contributed by atoms with Gasteiger partial charge in [0, 0.05) is 33.2 Å². The molecule has 0 bridgehead atoms. The number of non-ortho nitro benzene ring substituents is 1. The summed E-state index contributed by atoms with van der Waals surface area (Å²) in [4.78, 5) is 29.5. The first-order valence-corrected chi connectivity index (χ1v) is 10.5. The predicted octanol–water partition coefficient (Wildman–Crippen LogP) is 5.42. The molecule has 10 heteroatoms. The number of hydrogen-bond acceptors (Lipinski definition) is 7. The zero-order valence-electron chi connectivity index (χ0n) is 16.9. The lowest BCUT2D eigenvalue weighted by Crippen LogP contribution is -2.05. The summed E-state index contributed by atoms with van der Waals surface area (Å²) in [6, 6.07) is 11.7. The van der Waals surface area contributed by atoms with Crippen LogP contribution in [-0.2, 0) is 0 Å². The van der Waals surface area contributed by atoms with E-state index in [1.165, 1.54) is 58.4 Å². The molecule has 2 N–H and O–H groups in total. The molecule has 162 valence electrons.